The average molecular weight is 367 g/mol. The van der Waals surface area contributed by atoms with Gasteiger partial charge < -0.3 is 15.0 Å². The Bertz CT molecular complexity index is 771. The molecule has 2 aromatic rings. The van der Waals surface area contributed by atoms with Crippen molar-refractivity contribution in [2.45, 2.75) is 26.3 Å². The number of nitrogens with one attached hydrogen (secondary N) is 1. The maximum Gasteiger partial charge on any atom is 0.259 e. The van der Waals surface area contributed by atoms with E-state index in [1.54, 1.807) is 23.2 Å². The van der Waals surface area contributed by atoms with Crippen molar-refractivity contribution in [2.75, 3.05) is 19.7 Å². The molecule has 2 amide bonds. The lowest BCUT2D eigenvalue weighted by Crippen LogP contribution is -2.43. The van der Waals surface area contributed by atoms with Crippen molar-refractivity contribution < 1.29 is 14.3 Å². The van der Waals surface area contributed by atoms with E-state index in [0.29, 0.717) is 50.5 Å². The number of hydrogen-bond acceptors (Lipinski definition) is 4. The van der Waals surface area contributed by atoms with Crippen LogP contribution in [0.25, 0.3) is 0 Å². The van der Waals surface area contributed by atoms with Gasteiger partial charge in [-0.3, -0.25) is 9.59 Å². The van der Waals surface area contributed by atoms with E-state index in [2.05, 4.69) is 10.3 Å². The van der Waals surface area contributed by atoms with E-state index in [4.69, 9.17) is 4.74 Å². The fraction of sp³-hybridized carbons (Fsp3) is 0.381. The summed E-state index contributed by atoms with van der Waals surface area (Å²) in [5.41, 5.74) is 1.56. The maximum atomic E-state index is 12.8. The van der Waals surface area contributed by atoms with Crippen LogP contribution in [0, 0.1) is 5.92 Å². The number of carbonyl (C=O) groups excluding carboxylic acids is 2. The van der Waals surface area contributed by atoms with Gasteiger partial charge in [-0.15, -0.1) is 0 Å². The minimum atomic E-state index is -0.0882. The zero-order chi connectivity index (χ0) is 19.1. The predicted molar refractivity (Wildman–Crippen MR) is 102 cm³/mol. The molecule has 27 heavy (non-hydrogen) atoms. The maximum absolute atomic E-state index is 12.8. The minimum absolute atomic E-state index is 0.0574. The van der Waals surface area contributed by atoms with Gasteiger partial charge >= 0.3 is 0 Å². The van der Waals surface area contributed by atoms with Crippen LogP contribution in [0.4, 0.5) is 0 Å². The van der Waals surface area contributed by atoms with Gasteiger partial charge in [0.2, 0.25) is 11.8 Å². The Morgan fingerprint density at radius 3 is 2.59 bits per heavy atom. The Kier molecular flexibility index (Phi) is 6.41. The summed E-state index contributed by atoms with van der Waals surface area (Å²) in [6.45, 7) is 3.97. The lowest BCUT2D eigenvalue weighted by Gasteiger charge is -2.31. The molecule has 6 nitrogen and oxygen atoms in total. The van der Waals surface area contributed by atoms with Crippen molar-refractivity contribution in [2.24, 2.45) is 5.92 Å². The van der Waals surface area contributed by atoms with Crippen LogP contribution < -0.4 is 10.1 Å². The minimum Gasteiger partial charge on any atom is -0.477 e. The van der Waals surface area contributed by atoms with Crippen LogP contribution in [0.15, 0.2) is 48.7 Å². The standard InChI is InChI=1S/C21H25N3O3/c1-2-27-20-18(9-6-12-22-20)21(26)24-13-10-17(11-14-24)19(25)23-15-16-7-4-3-5-8-16/h3-9,12,17H,2,10-11,13-15H2,1H3,(H,23,25). The second kappa shape index (κ2) is 9.16. The van der Waals surface area contributed by atoms with Crippen LogP contribution in [0.2, 0.25) is 0 Å². The monoisotopic (exact) mass is 367 g/mol. The van der Waals surface area contributed by atoms with Crippen molar-refractivity contribution in [3.63, 3.8) is 0 Å². The van der Waals surface area contributed by atoms with E-state index >= 15 is 0 Å². The summed E-state index contributed by atoms with van der Waals surface area (Å²) in [7, 11) is 0. The molecule has 1 aliphatic heterocycles. The Labute approximate surface area is 159 Å². The Hall–Kier alpha value is -2.89. The van der Waals surface area contributed by atoms with E-state index < -0.39 is 0 Å². The lowest BCUT2D eigenvalue weighted by atomic mass is 9.95. The molecule has 0 aliphatic carbocycles. The molecule has 1 saturated heterocycles. The van der Waals surface area contributed by atoms with Crippen molar-refractivity contribution in [1.82, 2.24) is 15.2 Å². The summed E-state index contributed by atoms with van der Waals surface area (Å²) >= 11 is 0. The molecule has 142 valence electrons. The summed E-state index contributed by atoms with van der Waals surface area (Å²) < 4.78 is 5.46. The number of likely N-dealkylation sites (tertiary alicyclic amines) is 1. The molecule has 1 N–H and O–H groups in total. The largest absolute Gasteiger partial charge is 0.477 e. The van der Waals surface area contributed by atoms with Gasteiger partial charge in [-0.2, -0.15) is 0 Å². The normalized spacial score (nSPS) is 14.6. The van der Waals surface area contributed by atoms with Gasteiger partial charge in [0.1, 0.15) is 5.56 Å². The van der Waals surface area contributed by atoms with Gasteiger partial charge in [0, 0.05) is 31.7 Å². The van der Waals surface area contributed by atoms with Crippen LogP contribution in [0.1, 0.15) is 35.7 Å². The Morgan fingerprint density at radius 1 is 1.15 bits per heavy atom. The molecule has 0 unspecified atom stereocenters. The number of pyridine rings is 1. The van der Waals surface area contributed by atoms with Gasteiger partial charge in [-0.25, -0.2) is 4.98 Å². The first-order chi connectivity index (χ1) is 13.2. The first-order valence-corrected chi connectivity index (χ1v) is 9.37. The molecule has 0 saturated carbocycles. The van der Waals surface area contributed by atoms with E-state index in [1.807, 2.05) is 37.3 Å². The van der Waals surface area contributed by atoms with Crippen molar-refractivity contribution >= 4 is 11.8 Å². The van der Waals surface area contributed by atoms with Gasteiger partial charge in [-0.05, 0) is 37.5 Å². The molecule has 0 atom stereocenters. The molecule has 3 rings (SSSR count). The van der Waals surface area contributed by atoms with Crippen molar-refractivity contribution in [1.29, 1.82) is 0 Å². The van der Waals surface area contributed by atoms with E-state index in [0.717, 1.165) is 5.56 Å². The number of amides is 2. The molecule has 1 aromatic carbocycles. The quantitative estimate of drug-likeness (QED) is 0.852. The SMILES string of the molecule is CCOc1ncccc1C(=O)N1CCC(C(=O)NCc2ccccc2)CC1. The topological polar surface area (TPSA) is 71.5 Å². The number of ether oxygens (including phenoxy) is 1. The Morgan fingerprint density at radius 2 is 1.89 bits per heavy atom. The zero-order valence-electron chi connectivity index (χ0n) is 15.6. The zero-order valence-corrected chi connectivity index (χ0v) is 15.6. The molecule has 0 bridgehead atoms. The van der Waals surface area contributed by atoms with E-state index in [9.17, 15) is 9.59 Å². The predicted octanol–water partition coefficient (Wildman–Crippen LogP) is 2.65. The molecule has 2 heterocycles. The molecule has 1 aromatic heterocycles. The highest BCUT2D eigenvalue weighted by molar-refractivity contribution is 5.96. The highest BCUT2D eigenvalue weighted by atomic mass is 16.5. The molecular formula is C21H25N3O3. The molecule has 1 fully saturated rings. The van der Waals surface area contributed by atoms with Crippen LogP contribution >= 0.6 is 0 Å². The molecule has 1 aliphatic rings. The second-order valence-corrected chi connectivity index (χ2v) is 6.56. The summed E-state index contributed by atoms with van der Waals surface area (Å²) in [5, 5.41) is 3.00. The third-order valence-electron chi connectivity index (χ3n) is 4.75. The summed E-state index contributed by atoms with van der Waals surface area (Å²) in [6.07, 6.45) is 2.94. The average Bonchev–Trinajstić information content (AvgIpc) is 2.73. The van der Waals surface area contributed by atoms with Crippen molar-refractivity contribution in [3.05, 3.63) is 59.8 Å². The number of aromatic nitrogens is 1. The van der Waals surface area contributed by atoms with E-state index in [1.165, 1.54) is 0 Å². The van der Waals surface area contributed by atoms with Gasteiger partial charge in [-0.1, -0.05) is 30.3 Å². The van der Waals surface area contributed by atoms with Gasteiger partial charge in [0.05, 0.1) is 6.61 Å². The first kappa shape index (κ1) is 18.9. The lowest BCUT2D eigenvalue weighted by molar-refractivity contribution is -0.126. The first-order valence-electron chi connectivity index (χ1n) is 9.37. The highest BCUT2D eigenvalue weighted by Crippen LogP contribution is 2.22. The van der Waals surface area contributed by atoms with Crippen LogP contribution in [0.3, 0.4) is 0 Å². The number of piperidine rings is 1. The number of hydrogen-bond donors (Lipinski definition) is 1. The van der Waals surface area contributed by atoms with Crippen molar-refractivity contribution in [3.8, 4) is 5.88 Å². The second-order valence-electron chi connectivity index (χ2n) is 6.56. The Balaban J connectivity index is 1.52. The molecule has 6 heteroatoms. The molecular weight excluding hydrogens is 342 g/mol. The van der Waals surface area contributed by atoms with Crippen LogP contribution in [-0.4, -0.2) is 41.4 Å². The van der Waals surface area contributed by atoms with Gasteiger partial charge in [0.25, 0.3) is 5.91 Å². The summed E-state index contributed by atoms with van der Waals surface area (Å²) in [5.74, 6) is 0.280. The smallest absolute Gasteiger partial charge is 0.259 e. The highest BCUT2D eigenvalue weighted by Gasteiger charge is 2.29. The number of carbonyl (C=O) groups is 2. The summed E-state index contributed by atoms with van der Waals surface area (Å²) in [4.78, 5) is 31.1. The summed E-state index contributed by atoms with van der Waals surface area (Å²) in [6, 6.07) is 13.3. The number of nitrogens with zero attached hydrogens (tertiary/aromatic N) is 2. The van der Waals surface area contributed by atoms with E-state index in [-0.39, 0.29) is 17.7 Å². The fourth-order valence-corrected chi connectivity index (χ4v) is 3.25. The van der Waals surface area contributed by atoms with Crippen LogP contribution in [-0.2, 0) is 11.3 Å². The molecule has 0 spiro atoms. The van der Waals surface area contributed by atoms with Crippen LogP contribution in [0.5, 0.6) is 5.88 Å². The number of benzene rings is 1. The third-order valence-corrected chi connectivity index (χ3v) is 4.75. The molecule has 0 radical (unpaired) electrons. The fourth-order valence-electron chi connectivity index (χ4n) is 3.25. The van der Waals surface area contributed by atoms with Gasteiger partial charge in [0.15, 0.2) is 0 Å². The third kappa shape index (κ3) is 4.84. The number of rotatable bonds is 6.